The molecule has 26 heavy (non-hydrogen) atoms. The van der Waals surface area contributed by atoms with Gasteiger partial charge in [0.05, 0.1) is 18.1 Å². The summed E-state index contributed by atoms with van der Waals surface area (Å²) in [5, 5.41) is 3.03. The Hall–Kier alpha value is -1.48. The monoisotopic (exact) mass is 381 g/mol. The number of sulfonamides is 1. The molecular weight excluding hydrogens is 354 g/mol. The molecule has 0 bridgehead atoms. The van der Waals surface area contributed by atoms with Crippen molar-refractivity contribution in [2.24, 2.45) is 11.7 Å². The van der Waals surface area contributed by atoms with E-state index >= 15 is 0 Å². The van der Waals surface area contributed by atoms with E-state index in [1.54, 1.807) is 19.1 Å². The maximum absolute atomic E-state index is 12.9. The zero-order valence-corrected chi connectivity index (χ0v) is 15.9. The highest BCUT2D eigenvalue weighted by Gasteiger charge is 2.30. The third-order valence-electron chi connectivity index (χ3n) is 5.32. The molecule has 1 aromatic rings. The number of hydrogen-bond acceptors (Lipinski definition) is 5. The lowest BCUT2D eigenvalue weighted by molar-refractivity contribution is 0.0730. The van der Waals surface area contributed by atoms with Gasteiger partial charge < -0.3 is 15.8 Å². The molecule has 3 rings (SSSR count). The molecule has 2 atom stereocenters. The Bertz CT molecular complexity index is 760. The molecule has 1 saturated heterocycles. The lowest BCUT2D eigenvalue weighted by atomic mass is 10.0. The van der Waals surface area contributed by atoms with Crippen LogP contribution in [0.5, 0.6) is 0 Å². The largest absolute Gasteiger partial charge is 0.379 e. The van der Waals surface area contributed by atoms with Gasteiger partial charge in [-0.2, -0.15) is 4.31 Å². The normalized spacial score (nSPS) is 24.5. The number of aryl methyl sites for hydroxylation is 1. The van der Waals surface area contributed by atoms with E-state index in [4.69, 9.17) is 10.5 Å². The van der Waals surface area contributed by atoms with E-state index in [1.807, 2.05) is 0 Å². The second-order valence-electron chi connectivity index (χ2n) is 7.00. The summed E-state index contributed by atoms with van der Waals surface area (Å²) in [4.78, 5) is 12.8. The summed E-state index contributed by atoms with van der Waals surface area (Å²) in [7, 11) is -3.64. The van der Waals surface area contributed by atoms with Crippen LogP contribution in [-0.2, 0) is 14.8 Å². The highest BCUT2D eigenvalue weighted by atomic mass is 32.2. The van der Waals surface area contributed by atoms with Crippen LogP contribution in [0.3, 0.4) is 0 Å². The molecule has 1 heterocycles. The summed E-state index contributed by atoms with van der Waals surface area (Å²) in [5.74, 6) is 0.0507. The maximum Gasteiger partial charge on any atom is 0.251 e. The van der Waals surface area contributed by atoms with Gasteiger partial charge in [0.2, 0.25) is 10.0 Å². The number of carbonyl (C=O) groups excluding carboxylic acids is 1. The topological polar surface area (TPSA) is 102 Å². The van der Waals surface area contributed by atoms with Crippen molar-refractivity contribution in [3.63, 3.8) is 0 Å². The van der Waals surface area contributed by atoms with E-state index in [0.29, 0.717) is 49.9 Å². The number of nitrogens with zero attached hydrogens (tertiary/aromatic N) is 1. The Labute approximate surface area is 154 Å². The summed E-state index contributed by atoms with van der Waals surface area (Å²) in [5.41, 5.74) is 6.77. The van der Waals surface area contributed by atoms with Crippen LogP contribution in [0, 0.1) is 12.8 Å². The first kappa shape index (κ1) is 19.3. The summed E-state index contributed by atoms with van der Waals surface area (Å²) in [6.07, 6.45) is 2.99. The zero-order valence-electron chi connectivity index (χ0n) is 15.1. The number of ether oxygens (including phenoxy) is 1. The molecule has 0 spiro atoms. The highest BCUT2D eigenvalue weighted by molar-refractivity contribution is 7.89. The molecule has 2 aliphatic rings. The molecule has 3 N–H and O–H groups in total. The van der Waals surface area contributed by atoms with Crippen molar-refractivity contribution in [2.45, 2.75) is 37.1 Å². The van der Waals surface area contributed by atoms with Crippen LogP contribution in [0.15, 0.2) is 23.1 Å². The molecule has 2 unspecified atom stereocenters. The molecule has 1 amide bonds. The van der Waals surface area contributed by atoms with Crippen LogP contribution in [0.2, 0.25) is 0 Å². The minimum Gasteiger partial charge on any atom is -0.379 e. The van der Waals surface area contributed by atoms with Gasteiger partial charge in [-0.05, 0) is 49.9 Å². The molecule has 0 radical (unpaired) electrons. The van der Waals surface area contributed by atoms with Crippen LogP contribution in [0.4, 0.5) is 0 Å². The number of benzene rings is 1. The van der Waals surface area contributed by atoms with E-state index in [0.717, 1.165) is 19.3 Å². The third kappa shape index (κ3) is 3.93. The molecule has 1 aromatic carbocycles. The van der Waals surface area contributed by atoms with E-state index in [2.05, 4.69) is 5.32 Å². The fourth-order valence-corrected chi connectivity index (χ4v) is 5.36. The summed E-state index contributed by atoms with van der Waals surface area (Å²) in [6, 6.07) is 4.92. The van der Waals surface area contributed by atoms with Crippen molar-refractivity contribution in [1.29, 1.82) is 0 Å². The van der Waals surface area contributed by atoms with Gasteiger partial charge in [-0.15, -0.1) is 0 Å². The van der Waals surface area contributed by atoms with E-state index in [9.17, 15) is 13.2 Å². The number of carbonyl (C=O) groups is 1. The molecule has 7 nitrogen and oxygen atoms in total. The van der Waals surface area contributed by atoms with Crippen molar-refractivity contribution in [2.75, 3.05) is 32.8 Å². The molecular formula is C18H27N3O4S. The minimum absolute atomic E-state index is 0.0631. The number of hydrogen-bond donors (Lipinski definition) is 2. The number of nitrogens with one attached hydrogen (secondary N) is 1. The van der Waals surface area contributed by atoms with Crippen molar-refractivity contribution >= 4 is 15.9 Å². The van der Waals surface area contributed by atoms with Crippen molar-refractivity contribution in [3.8, 4) is 0 Å². The standard InChI is InChI=1S/C18H27N3O4S/c1-13-5-6-14(18(22)20-16-4-2-3-15(16)12-19)11-17(13)26(23,24)21-7-9-25-10-8-21/h5-6,11,15-16H,2-4,7-10,12,19H2,1H3,(H,20,22). The molecule has 0 aromatic heterocycles. The van der Waals surface area contributed by atoms with Crippen molar-refractivity contribution < 1.29 is 17.9 Å². The zero-order chi connectivity index (χ0) is 18.7. The van der Waals surface area contributed by atoms with Gasteiger partial charge >= 0.3 is 0 Å². The fraction of sp³-hybridized carbons (Fsp3) is 0.611. The Morgan fingerprint density at radius 2 is 2.04 bits per heavy atom. The smallest absolute Gasteiger partial charge is 0.251 e. The number of amides is 1. The highest BCUT2D eigenvalue weighted by Crippen LogP contribution is 2.26. The fourth-order valence-electron chi connectivity index (χ4n) is 3.71. The first-order valence-electron chi connectivity index (χ1n) is 9.13. The van der Waals surface area contributed by atoms with E-state index < -0.39 is 10.0 Å². The molecule has 8 heteroatoms. The van der Waals surface area contributed by atoms with Crippen molar-refractivity contribution in [1.82, 2.24) is 9.62 Å². The predicted molar refractivity (Wildman–Crippen MR) is 98.4 cm³/mol. The number of rotatable bonds is 5. The van der Waals surface area contributed by atoms with E-state index in [-0.39, 0.29) is 16.8 Å². The average molecular weight is 381 g/mol. The minimum atomic E-state index is -3.64. The van der Waals surface area contributed by atoms with Crippen LogP contribution < -0.4 is 11.1 Å². The SMILES string of the molecule is Cc1ccc(C(=O)NC2CCCC2CN)cc1S(=O)(=O)N1CCOCC1. The number of nitrogens with two attached hydrogens (primary N) is 1. The Kier molecular flexibility index (Phi) is 5.96. The maximum atomic E-state index is 12.9. The Morgan fingerprint density at radius 1 is 1.31 bits per heavy atom. The van der Waals surface area contributed by atoms with Gasteiger partial charge in [0.25, 0.3) is 5.91 Å². The van der Waals surface area contributed by atoms with Gasteiger partial charge in [-0.25, -0.2) is 8.42 Å². The van der Waals surface area contributed by atoms with Crippen LogP contribution in [0.1, 0.15) is 35.2 Å². The van der Waals surface area contributed by atoms with Crippen LogP contribution in [0.25, 0.3) is 0 Å². The van der Waals surface area contributed by atoms with Gasteiger partial charge in [-0.1, -0.05) is 12.5 Å². The Morgan fingerprint density at radius 3 is 2.73 bits per heavy atom. The molecule has 144 valence electrons. The molecule has 1 aliphatic heterocycles. The molecule has 1 saturated carbocycles. The number of morpholine rings is 1. The van der Waals surface area contributed by atoms with Crippen LogP contribution in [-0.4, -0.2) is 57.5 Å². The second kappa shape index (κ2) is 8.04. The third-order valence-corrected chi connectivity index (χ3v) is 7.36. The van der Waals surface area contributed by atoms with Crippen molar-refractivity contribution in [3.05, 3.63) is 29.3 Å². The summed E-state index contributed by atoms with van der Waals surface area (Å²) in [6.45, 7) is 3.74. The lowest BCUT2D eigenvalue weighted by Crippen LogP contribution is -2.41. The Balaban J connectivity index is 1.82. The second-order valence-corrected chi connectivity index (χ2v) is 8.91. The van der Waals surface area contributed by atoms with Gasteiger partial charge in [-0.3, -0.25) is 4.79 Å². The van der Waals surface area contributed by atoms with Crippen LogP contribution >= 0.6 is 0 Å². The lowest BCUT2D eigenvalue weighted by Gasteiger charge is -2.27. The van der Waals surface area contributed by atoms with Gasteiger partial charge in [0.1, 0.15) is 0 Å². The quantitative estimate of drug-likeness (QED) is 0.788. The van der Waals surface area contributed by atoms with E-state index in [1.165, 1.54) is 10.4 Å². The molecule has 1 aliphatic carbocycles. The average Bonchev–Trinajstić information content (AvgIpc) is 3.09. The predicted octanol–water partition coefficient (Wildman–Crippen LogP) is 0.873. The van der Waals surface area contributed by atoms with Gasteiger partial charge in [0.15, 0.2) is 0 Å². The summed E-state index contributed by atoms with van der Waals surface area (Å²) >= 11 is 0. The first-order valence-corrected chi connectivity index (χ1v) is 10.6. The molecule has 2 fully saturated rings. The van der Waals surface area contributed by atoms with Gasteiger partial charge in [0, 0.05) is 24.7 Å². The first-order chi connectivity index (χ1) is 12.4. The summed E-state index contributed by atoms with van der Waals surface area (Å²) < 4.78 is 32.6.